The molecule has 0 saturated carbocycles. The Morgan fingerprint density at radius 1 is 1.03 bits per heavy atom. The Morgan fingerprint density at radius 3 is 2.55 bits per heavy atom. The summed E-state index contributed by atoms with van der Waals surface area (Å²) in [7, 11) is 3.14. The lowest BCUT2D eigenvalue weighted by molar-refractivity contribution is -0.127. The number of carbonyl (C=O) groups is 1. The minimum atomic E-state index is -0.678. The summed E-state index contributed by atoms with van der Waals surface area (Å²) in [5, 5.41) is 7.25. The van der Waals surface area contributed by atoms with E-state index in [1.54, 1.807) is 45.4 Å². The van der Waals surface area contributed by atoms with E-state index in [2.05, 4.69) is 10.4 Å². The van der Waals surface area contributed by atoms with Gasteiger partial charge in [0.25, 0.3) is 11.5 Å². The molecule has 1 amide bonds. The summed E-state index contributed by atoms with van der Waals surface area (Å²) >= 11 is 0. The van der Waals surface area contributed by atoms with Crippen LogP contribution in [0.1, 0.15) is 18.1 Å². The zero-order valence-electron chi connectivity index (χ0n) is 19.5. The Hall–Kier alpha value is -3.81. The van der Waals surface area contributed by atoms with Crippen LogP contribution in [0.15, 0.2) is 53.3 Å². The Bertz CT molecular complexity index is 1190. The van der Waals surface area contributed by atoms with Gasteiger partial charge in [0.1, 0.15) is 17.2 Å². The lowest BCUT2D eigenvalue weighted by Crippen LogP contribution is -2.39. The maximum Gasteiger partial charge on any atom is 0.266 e. The quantitative estimate of drug-likeness (QED) is 0.538. The molecule has 3 aromatic rings. The highest BCUT2D eigenvalue weighted by atomic mass is 16.5. The van der Waals surface area contributed by atoms with E-state index in [1.807, 2.05) is 32.0 Å². The maximum atomic E-state index is 12.5. The van der Waals surface area contributed by atoms with Crippen LogP contribution < -0.4 is 25.1 Å². The molecule has 174 valence electrons. The van der Waals surface area contributed by atoms with Crippen molar-refractivity contribution in [3.63, 3.8) is 0 Å². The first-order valence-electron chi connectivity index (χ1n) is 10.6. The summed E-state index contributed by atoms with van der Waals surface area (Å²) < 4.78 is 17.8. The maximum absolute atomic E-state index is 12.5. The van der Waals surface area contributed by atoms with Crippen LogP contribution in [-0.4, -0.2) is 42.6 Å². The van der Waals surface area contributed by atoms with Gasteiger partial charge in [-0.05, 0) is 62.2 Å². The first-order valence-corrected chi connectivity index (χ1v) is 10.6. The van der Waals surface area contributed by atoms with E-state index < -0.39 is 6.10 Å². The average Bonchev–Trinajstić information content (AvgIpc) is 2.82. The number of rotatable bonds is 9. The van der Waals surface area contributed by atoms with Crippen molar-refractivity contribution >= 4 is 5.91 Å². The largest absolute Gasteiger partial charge is 0.497 e. The smallest absolute Gasteiger partial charge is 0.266 e. The highest BCUT2D eigenvalue weighted by Gasteiger charge is 2.16. The zero-order chi connectivity index (χ0) is 24.0. The second-order valence-corrected chi connectivity index (χ2v) is 7.67. The number of hydrogen-bond acceptors (Lipinski definition) is 6. The fourth-order valence-electron chi connectivity index (χ4n) is 3.27. The van der Waals surface area contributed by atoms with E-state index in [0.717, 1.165) is 11.1 Å². The number of carbonyl (C=O) groups excluding carboxylic acids is 1. The summed E-state index contributed by atoms with van der Waals surface area (Å²) in [6.07, 6.45) is -0.678. The van der Waals surface area contributed by atoms with Crippen molar-refractivity contribution in [2.45, 2.75) is 33.4 Å². The van der Waals surface area contributed by atoms with Gasteiger partial charge in [0.05, 0.1) is 26.5 Å². The summed E-state index contributed by atoms with van der Waals surface area (Å²) in [6.45, 7) is 6.03. The second kappa shape index (κ2) is 10.7. The Labute approximate surface area is 193 Å². The number of aromatic nitrogens is 2. The molecule has 0 aliphatic rings. The van der Waals surface area contributed by atoms with Crippen LogP contribution in [0.5, 0.6) is 17.2 Å². The van der Waals surface area contributed by atoms with E-state index in [1.165, 1.54) is 10.7 Å². The van der Waals surface area contributed by atoms with Gasteiger partial charge in [0.15, 0.2) is 6.10 Å². The number of hydrogen-bond donors (Lipinski definition) is 1. The van der Waals surface area contributed by atoms with E-state index in [-0.39, 0.29) is 24.6 Å². The SMILES string of the molecule is COc1ccc(OC)c(-c2ccc(=O)n(CCNC(=O)C(C)Oc3cc(C)ccc3C)n2)c1. The molecule has 0 bridgehead atoms. The molecule has 1 N–H and O–H groups in total. The third-order valence-electron chi connectivity index (χ3n) is 5.19. The monoisotopic (exact) mass is 451 g/mol. The van der Waals surface area contributed by atoms with Crippen molar-refractivity contribution in [3.8, 4) is 28.5 Å². The number of amides is 1. The van der Waals surface area contributed by atoms with Crippen LogP contribution in [0.2, 0.25) is 0 Å². The molecule has 3 rings (SSSR count). The van der Waals surface area contributed by atoms with Gasteiger partial charge in [-0.3, -0.25) is 9.59 Å². The van der Waals surface area contributed by atoms with Crippen LogP contribution in [0, 0.1) is 13.8 Å². The van der Waals surface area contributed by atoms with E-state index in [0.29, 0.717) is 28.5 Å². The van der Waals surface area contributed by atoms with Crippen LogP contribution in [0.3, 0.4) is 0 Å². The number of aryl methyl sites for hydroxylation is 2. The van der Waals surface area contributed by atoms with Crippen molar-refractivity contribution < 1.29 is 19.0 Å². The predicted molar refractivity (Wildman–Crippen MR) is 126 cm³/mol. The Morgan fingerprint density at radius 2 is 1.82 bits per heavy atom. The van der Waals surface area contributed by atoms with Gasteiger partial charge in [-0.25, -0.2) is 4.68 Å². The van der Waals surface area contributed by atoms with Gasteiger partial charge in [-0.15, -0.1) is 0 Å². The molecule has 0 aliphatic carbocycles. The Balaban J connectivity index is 1.67. The number of ether oxygens (including phenoxy) is 3. The molecule has 1 atom stereocenters. The fourth-order valence-corrected chi connectivity index (χ4v) is 3.27. The molecular formula is C25H29N3O5. The predicted octanol–water partition coefficient (Wildman–Crippen LogP) is 3.13. The molecule has 0 fully saturated rings. The topological polar surface area (TPSA) is 91.7 Å². The van der Waals surface area contributed by atoms with Crippen molar-refractivity contribution in [3.05, 3.63) is 70.0 Å². The summed E-state index contributed by atoms with van der Waals surface area (Å²) in [5.74, 6) is 1.67. The van der Waals surface area contributed by atoms with Crippen LogP contribution >= 0.6 is 0 Å². The van der Waals surface area contributed by atoms with Crippen molar-refractivity contribution in [1.29, 1.82) is 0 Å². The van der Waals surface area contributed by atoms with Gasteiger partial charge in [-0.1, -0.05) is 12.1 Å². The first kappa shape index (κ1) is 23.8. The third kappa shape index (κ3) is 5.91. The number of methoxy groups -OCH3 is 2. The standard InChI is InChI=1S/C25H29N3O5/c1-16-6-7-17(2)23(14-16)33-18(3)25(30)26-12-13-28-24(29)11-9-21(27-28)20-15-19(31-4)8-10-22(20)32-5/h6-11,14-15,18H,12-13H2,1-5H3,(H,26,30). The number of nitrogens with zero attached hydrogens (tertiary/aromatic N) is 2. The van der Waals surface area contributed by atoms with Gasteiger partial charge in [0, 0.05) is 18.2 Å². The van der Waals surface area contributed by atoms with Gasteiger partial charge >= 0.3 is 0 Å². The molecule has 1 heterocycles. The van der Waals surface area contributed by atoms with E-state index in [9.17, 15) is 9.59 Å². The summed E-state index contributed by atoms with van der Waals surface area (Å²) in [6, 6.07) is 14.3. The molecule has 0 radical (unpaired) electrons. The normalized spacial score (nSPS) is 11.5. The average molecular weight is 452 g/mol. The zero-order valence-corrected chi connectivity index (χ0v) is 19.5. The molecule has 8 heteroatoms. The summed E-state index contributed by atoms with van der Waals surface area (Å²) in [4.78, 5) is 24.8. The van der Waals surface area contributed by atoms with Crippen molar-refractivity contribution in [1.82, 2.24) is 15.1 Å². The fraction of sp³-hybridized carbons (Fsp3) is 0.320. The van der Waals surface area contributed by atoms with Gasteiger partial charge in [0.2, 0.25) is 0 Å². The molecule has 2 aromatic carbocycles. The minimum absolute atomic E-state index is 0.209. The van der Waals surface area contributed by atoms with Crippen LogP contribution in [0.25, 0.3) is 11.3 Å². The minimum Gasteiger partial charge on any atom is -0.497 e. The van der Waals surface area contributed by atoms with Gasteiger partial charge in [-0.2, -0.15) is 5.10 Å². The highest BCUT2D eigenvalue weighted by Crippen LogP contribution is 2.31. The third-order valence-corrected chi connectivity index (χ3v) is 5.19. The van der Waals surface area contributed by atoms with Crippen LogP contribution in [0.4, 0.5) is 0 Å². The molecular weight excluding hydrogens is 422 g/mol. The number of benzene rings is 2. The van der Waals surface area contributed by atoms with E-state index >= 15 is 0 Å². The molecule has 0 saturated heterocycles. The first-order chi connectivity index (χ1) is 15.8. The molecule has 0 aliphatic heterocycles. The van der Waals surface area contributed by atoms with Gasteiger partial charge < -0.3 is 19.5 Å². The molecule has 8 nitrogen and oxygen atoms in total. The second-order valence-electron chi connectivity index (χ2n) is 7.67. The molecule has 33 heavy (non-hydrogen) atoms. The molecule has 0 spiro atoms. The lowest BCUT2D eigenvalue weighted by Gasteiger charge is -2.17. The van der Waals surface area contributed by atoms with Crippen molar-refractivity contribution in [2.24, 2.45) is 0 Å². The molecule has 1 unspecified atom stereocenters. The summed E-state index contributed by atoms with van der Waals surface area (Å²) in [5.41, 5.74) is 3.00. The van der Waals surface area contributed by atoms with Crippen molar-refractivity contribution in [2.75, 3.05) is 20.8 Å². The highest BCUT2D eigenvalue weighted by molar-refractivity contribution is 5.80. The molecule has 1 aromatic heterocycles. The Kier molecular flexibility index (Phi) is 7.71. The van der Waals surface area contributed by atoms with E-state index in [4.69, 9.17) is 14.2 Å². The number of nitrogens with one attached hydrogen (secondary N) is 1. The van der Waals surface area contributed by atoms with Crippen LogP contribution in [-0.2, 0) is 11.3 Å². The lowest BCUT2D eigenvalue weighted by atomic mass is 10.1.